The number of rotatable bonds is 1. The van der Waals surface area contributed by atoms with Gasteiger partial charge in [0.1, 0.15) is 5.78 Å². The zero-order valence-electron chi connectivity index (χ0n) is 13.0. The molecule has 2 aliphatic rings. The Hall–Kier alpha value is -1.63. The van der Waals surface area contributed by atoms with Crippen LogP contribution in [0.1, 0.15) is 45.1 Å². The van der Waals surface area contributed by atoms with Gasteiger partial charge in [-0.3, -0.25) is 4.79 Å². The normalized spacial score (nSPS) is 33.8. The first-order chi connectivity index (χ1) is 9.97. The summed E-state index contributed by atoms with van der Waals surface area (Å²) in [4.78, 5) is 13.0. The quantitative estimate of drug-likeness (QED) is 0.721. The second kappa shape index (κ2) is 3.97. The van der Waals surface area contributed by atoms with Gasteiger partial charge in [0.2, 0.25) is 0 Å². The zero-order valence-corrected chi connectivity index (χ0v) is 13.0. The number of ketones is 1. The van der Waals surface area contributed by atoms with Crippen molar-refractivity contribution in [1.82, 2.24) is 0 Å². The van der Waals surface area contributed by atoms with E-state index in [1.165, 1.54) is 22.8 Å². The molecule has 0 saturated heterocycles. The number of hydrogen-bond acceptors (Lipinski definition) is 1. The summed E-state index contributed by atoms with van der Waals surface area (Å²) in [6.45, 7) is 6.94. The van der Waals surface area contributed by atoms with Crippen LogP contribution in [0.25, 0.3) is 10.8 Å². The Morgan fingerprint density at radius 2 is 1.71 bits per heavy atom. The summed E-state index contributed by atoms with van der Waals surface area (Å²) in [6.07, 6.45) is 2.24. The molecule has 4 rings (SSSR count). The van der Waals surface area contributed by atoms with E-state index >= 15 is 0 Å². The van der Waals surface area contributed by atoms with Gasteiger partial charge in [-0.05, 0) is 40.0 Å². The molecule has 2 fully saturated rings. The van der Waals surface area contributed by atoms with Gasteiger partial charge in [0.05, 0.1) is 0 Å². The van der Waals surface area contributed by atoms with E-state index in [-0.39, 0.29) is 22.7 Å². The maximum absolute atomic E-state index is 13.0. The Balaban J connectivity index is 1.96. The molecule has 2 aromatic carbocycles. The van der Waals surface area contributed by atoms with Gasteiger partial charge < -0.3 is 0 Å². The van der Waals surface area contributed by atoms with E-state index in [1.54, 1.807) is 0 Å². The maximum atomic E-state index is 13.0. The average molecular weight is 278 g/mol. The topological polar surface area (TPSA) is 17.1 Å². The minimum Gasteiger partial charge on any atom is -0.299 e. The number of hydrogen-bond donors (Lipinski definition) is 0. The lowest BCUT2D eigenvalue weighted by molar-refractivity contribution is -0.124. The van der Waals surface area contributed by atoms with Gasteiger partial charge in [0.25, 0.3) is 0 Å². The monoisotopic (exact) mass is 278 g/mol. The SMILES string of the molecule is CC1(C)C2CC[C@@]1(C)C(c1cccc3ccccc13)C2=O. The van der Waals surface area contributed by atoms with Gasteiger partial charge in [-0.1, -0.05) is 63.2 Å². The molecule has 2 bridgehead atoms. The third kappa shape index (κ3) is 1.44. The zero-order chi connectivity index (χ0) is 14.8. The minimum absolute atomic E-state index is 0.0670. The molecule has 0 spiro atoms. The summed E-state index contributed by atoms with van der Waals surface area (Å²) in [7, 11) is 0. The lowest BCUT2D eigenvalue weighted by Crippen LogP contribution is -2.32. The van der Waals surface area contributed by atoms with Crippen LogP contribution in [0.4, 0.5) is 0 Å². The smallest absolute Gasteiger partial charge is 0.144 e. The van der Waals surface area contributed by atoms with Crippen molar-refractivity contribution >= 4 is 16.6 Å². The molecular formula is C20H22O. The molecule has 1 nitrogen and oxygen atoms in total. The predicted octanol–water partition coefficient (Wildman–Crippen LogP) is 4.95. The highest BCUT2D eigenvalue weighted by Crippen LogP contribution is 2.69. The molecule has 0 heterocycles. The Kier molecular flexibility index (Phi) is 2.47. The van der Waals surface area contributed by atoms with Crippen LogP contribution in [0.5, 0.6) is 0 Å². The standard InChI is InChI=1S/C20H22O/c1-19(2)16-11-12-20(19,3)17(18(16)21)15-10-6-8-13-7-4-5-9-14(13)15/h4-10,16-17H,11-12H2,1-3H3/t16?,17?,20-/m0/s1. The van der Waals surface area contributed by atoms with Crippen molar-refractivity contribution in [3.8, 4) is 0 Å². The Bertz CT molecular complexity index is 737. The second-order valence-corrected chi connectivity index (χ2v) is 7.63. The predicted molar refractivity (Wildman–Crippen MR) is 86.3 cm³/mol. The van der Waals surface area contributed by atoms with E-state index in [2.05, 4.69) is 63.2 Å². The fourth-order valence-corrected chi connectivity index (χ4v) is 5.05. The van der Waals surface area contributed by atoms with Crippen LogP contribution in [0.2, 0.25) is 0 Å². The van der Waals surface area contributed by atoms with Gasteiger partial charge in [0, 0.05) is 11.8 Å². The van der Waals surface area contributed by atoms with Crippen LogP contribution in [0, 0.1) is 16.7 Å². The van der Waals surface area contributed by atoms with Gasteiger partial charge in [-0.15, -0.1) is 0 Å². The van der Waals surface area contributed by atoms with Gasteiger partial charge in [-0.2, -0.15) is 0 Å². The molecule has 2 aliphatic carbocycles. The van der Waals surface area contributed by atoms with Crippen molar-refractivity contribution in [1.29, 1.82) is 0 Å². The van der Waals surface area contributed by atoms with E-state index in [0.717, 1.165) is 6.42 Å². The maximum Gasteiger partial charge on any atom is 0.144 e. The van der Waals surface area contributed by atoms with E-state index < -0.39 is 0 Å². The molecule has 2 unspecified atom stereocenters. The van der Waals surface area contributed by atoms with Crippen molar-refractivity contribution in [2.75, 3.05) is 0 Å². The highest BCUT2D eigenvalue weighted by molar-refractivity contribution is 5.98. The number of fused-ring (bicyclic) bond motifs is 3. The first-order valence-electron chi connectivity index (χ1n) is 7.98. The first-order valence-corrected chi connectivity index (χ1v) is 7.98. The molecule has 0 amide bonds. The molecule has 0 aliphatic heterocycles. The van der Waals surface area contributed by atoms with Gasteiger partial charge in [0.15, 0.2) is 0 Å². The molecule has 2 aromatic rings. The Labute approximate surface area is 126 Å². The molecule has 21 heavy (non-hydrogen) atoms. The fourth-order valence-electron chi connectivity index (χ4n) is 5.05. The molecule has 0 radical (unpaired) electrons. The Morgan fingerprint density at radius 1 is 1.00 bits per heavy atom. The minimum atomic E-state index is 0.0670. The van der Waals surface area contributed by atoms with Gasteiger partial charge >= 0.3 is 0 Å². The van der Waals surface area contributed by atoms with Crippen LogP contribution >= 0.6 is 0 Å². The summed E-state index contributed by atoms with van der Waals surface area (Å²) in [5.74, 6) is 0.786. The van der Waals surface area contributed by atoms with Crippen molar-refractivity contribution in [3.63, 3.8) is 0 Å². The van der Waals surface area contributed by atoms with Crippen LogP contribution in [-0.4, -0.2) is 5.78 Å². The van der Waals surface area contributed by atoms with Crippen molar-refractivity contribution in [2.24, 2.45) is 16.7 Å². The van der Waals surface area contributed by atoms with E-state index in [1.807, 2.05) is 0 Å². The lowest BCUT2D eigenvalue weighted by atomic mass is 9.64. The van der Waals surface area contributed by atoms with Crippen molar-refractivity contribution in [2.45, 2.75) is 39.5 Å². The van der Waals surface area contributed by atoms with Crippen LogP contribution < -0.4 is 0 Å². The highest BCUT2D eigenvalue weighted by atomic mass is 16.1. The fraction of sp³-hybridized carbons (Fsp3) is 0.450. The highest BCUT2D eigenvalue weighted by Gasteiger charge is 2.66. The molecule has 0 aromatic heterocycles. The molecular weight excluding hydrogens is 256 g/mol. The summed E-state index contributed by atoms with van der Waals surface area (Å²) in [5.41, 5.74) is 1.46. The van der Waals surface area contributed by atoms with Crippen molar-refractivity contribution in [3.05, 3.63) is 48.0 Å². The second-order valence-electron chi connectivity index (χ2n) is 7.63. The summed E-state index contributed by atoms with van der Waals surface area (Å²) in [5, 5.41) is 2.50. The van der Waals surface area contributed by atoms with E-state index in [9.17, 15) is 4.79 Å². The molecule has 1 heteroatoms. The summed E-state index contributed by atoms with van der Waals surface area (Å²) >= 11 is 0. The van der Waals surface area contributed by atoms with Crippen LogP contribution in [0.15, 0.2) is 42.5 Å². The van der Waals surface area contributed by atoms with Crippen LogP contribution in [-0.2, 0) is 4.79 Å². The van der Waals surface area contributed by atoms with Gasteiger partial charge in [-0.25, -0.2) is 0 Å². The third-order valence-electron chi connectivity index (χ3n) is 6.69. The molecule has 3 atom stereocenters. The number of carbonyl (C=O) groups is 1. The summed E-state index contributed by atoms with van der Waals surface area (Å²) < 4.78 is 0. The molecule has 2 saturated carbocycles. The van der Waals surface area contributed by atoms with Crippen molar-refractivity contribution < 1.29 is 4.79 Å². The number of Topliss-reactive ketones (excluding diaryl/α,β-unsaturated/α-hetero) is 1. The molecule has 108 valence electrons. The average Bonchev–Trinajstić information content (AvgIpc) is 2.77. The number of carbonyl (C=O) groups excluding carboxylic acids is 1. The Morgan fingerprint density at radius 3 is 2.43 bits per heavy atom. The third-order valence-corrected chi connectivity index (χ3v) is 6.69. The summed E-state index contributed by atoms with van der Waals surface area (Å²) in [6, 6.07) is 14.9. The van der Waals surface area contributed by atoms with E-state index in [4.69, 9.17) is 0 Å². The largest absolute Gasteiger partial charge is 0.299 e. The number of benzene rings is 2. The first kappa shape index (κ1) is 13.1. The lowest BCUT2D eigenvalue weighted by Gasteiger charge is -2.38. The molecule has 0 N–H and O–H groups in total. The van der Waals surface area contributed by atoms with E-state index in [0.29, 0.717) is 5.78 Å². The van der Waals surface area contributed by atoms with Crippen LogP contribution in [0.3, 0.4) is 0 Å².